The molecule has 1 aromatic rings. The molecular weight excluding hydrogens is 426 g/mol. The summed E-state index contributed by atoms with van der Waals surface area (Å²) in [7, 11) is 0. The van der Waals surface area contributed by atoms with Gasteiger partial charge in [-0.15, -0.1) is 0 Å². The average Bonchev–Trinajstić information content (AvgIpc) is 2.79. The average molecular weight is 462 g/mol. The number of hydrogen-bond acceptors (Lipinski definition) is 8. The van der Waals surface area contributed by atoms with Gasteiger partial charge in [-0.05, 0) is 85.6 Å². The molecule has 2 heterocycles. The largest absolute Gasteiger partial charge is 0.456 e. The van der Waals surface area contributed by atoms with Crippen molar-refractivity contribution in [2.24, 2.45) is 11.8 Å². The zero-order valence-electron chi connectivity index (χ0n) is 19.9. The molecule has 2 aliphatic heterocycles. The van der Waals surface area contributed by atoms with Crippen LogP contribution in [0.25, 0.3) is 0 Å². The monoisotopic (exact) mass is 461 g/mol. The number of piperidine rings is 2. The van der Waals surface area contributed by atoms with Gasteiger partial charge in [0.05, 0.1) is 16.1 Å². The summed E-state index contributed by atoms with van der Waals surface area (Å²) in [5, 5.41) is 18.1. The van der Waals surface area contributed by atoms with Crippen LogP contribution < -0.4 is 10.6 Å². The number of carbonyl (C=O) groups is 2. The van der Waals surface area contributed by atoms with Gasteiger partial charge in [-0.25, -0.2) is 9.59 Å². The first-order valence-corrected chi connectivity index (χ1v) is 11.7. The van der Waals surface area contributed by atoms with Crippen molar-refractivity contribution in [1.82, 2.24) is 10.6 Å². The number of ether oxygens (including phenoxy) is 2. The SMILES string of the molecule is CC(C)(OC(=O)c1cc(C(=O)OC(C)(C)C2CCNCC2)cc([N+](=O)[O-])c1)C1CCNCC1. The molecular formula is C24H35N3O6. The highest BCUT2D eigenvalue weighted by molar-refractivity contribution is 5.96. The van der Waals surface area contributed by atoms with E-state index in [4.69, 9.17) is 9.47 Å². The van der Waals surface area contributed by atoms with Crippen LogP contribution in [0.4, 0.5) is 5.69 Å². The van der Waals surface area contributed by atoms with Gasteiger partial charge >= 0.3 is 11.9 Å². The first-order valence-electron chi connectivity index (χ1n) is 11.7. The summed E-state index contributed by atoms with van der Waals surface area (Å²) < 4.78 is 11.6. The van der Waals surface area contributed by atoms with Crippen molar-refractivity contribution < 1.29 is 24.0 Å². The molecule has 2 fully saturated rings. The van der Waals surface area contributed by atoms with Gasteiger partial charge in [0.2, 0.25) is 0 Å². The fourth-order valence-corrected chi connectivity index (χ4v) is 4.75. The highest BCUT2D eigenvalue weighted by atomic mass is 16.6. The number of carbonyl (C=O) groups excluding carboxylic acids is 2. The van der Waals surface area contributed by atoms with Crippen LogP contribution >= 0.6 is 0 Å². The second kappa shape index (κ2) is 10.2. The molecule has 182 valence electrons. The molecule has 2 N–H and O–H groups in total. The van der Waals surface area contributed by atoms with E-state index in [2.05, 4.69) is 10.6 Å². The maximum absolute atomic E-state index is 13.0. The normalized spacial score (nSPS) is 18.5. The summed E-state index contributed by atoms with van der Waals surface area (Å²) in [6, 6.07) is 3.62. The van der Waals surface area contributed by atoms with Crippen LogP contribution in [0, 0.1) is 22.0 Å². The van der Waals surface area contributed by atoms with Crippen LogP contribution in [0.2, 0.25) is 0 Å². The summed E-state index contributed by atoms with van der Waals surface area (Å²) >= 11 is 0. The fourth-order valence-electron chi connectivity index (χ4n) is 4.75. The van der Waals surface area contributed by atoms with E-state index >= 15 is 0 Å². The number of nitrogens with zero attached hydrogens (tertiary/aromatic N) is 1. The first-order chi connectivity index (χ1) is 15.5. The lowest BCUT2D eigenvalue weighted by atomic mass is 9.83. The van der Waals surface area contributed by atoms with Crippen molar-refractivity contribution in [1.29, 1.82) is 0 Å². The second-order valence-corrected chi connectivity index (χ2v) is 10.1. The Kier molecular flexibility index (Phi) is 7.74. The Balaban J connectivity index is 1.80. The van der Waals surface area contributed by atoms with Crippen LogP contribution in [-0.2, 0) is 9.47 Å². The van der Waals surface area contributed by atoms with E-state index < -0.39 is 28.1 Å². The number of non-ortho nitro benzene ring substituents is 1. The summed E-state index contributed by atoms with van der Waals surface area (Å²) in [4.78, 5) is 36.8. The Labute approximate surface area is 194 Å². The van der Waals surface area contributed by atoms with Gasteiger partial charge in [-0.3, -0.25) is 10.1 Å². The van der Waals surface area contributed by atoms with Crippen molar-refractivity contribution in [2.75, 3.05) is 26.2 Å². The summed E-state index contributed by atoms with van der Waals surface area (Å²) in [6.45, 7) is 10.8. The summed E-state index contributed by atoms with van der Waals surface area (Å²) in [5.41, 5.74) is -1.88. The molecule has 0 spiro atoms. The van der Waals surface area contributed by atoms with E-state index in [1.807, 2.05) is 27.7 Å². The van der Waals surface area contributed by atoms with Gasteiger partial charge in [0, 0.05) is 24.0 Å². The highest BCUT2D eigenvalue weighted by Gasteiger charge is 2.36. The predicted molar refractivity (Wildman–Crippen MR) is 123 cm³/mol. The number of nitro benzene ring substituents is 1. The second-order valence-electron chi connectivity index (χ2n) is 10.1. The van der Waals surface area contributed by atoms with Gasteiger partial charge in [-0.1, -0.05) is 0 Å². The molecule has 0 amide bonds. The zero-order chi connectivity index (χ0) is 24.2. The molecule has 0 unspecified atom stereocenters. The van der Waals surface area contributed by atoms with Crippen LogP contribution in [0.5, 0.6) is 0 Å². The lowest BCUT2D eigenvalue weighted by molar-refractivity contribution is -0.384. The van der Waals surface area contributed by atoms with Crippen molar-refractivity contribution in [2.45, 2.75) is 64.6 Å². The standard InChI is InChI=1S/C24H35N3O6/c1-23(2,18-5-9-25-10-6-18)32-21(28)16-13-17(15-20(14-16)27(30)31)22(29)33-24(3,4)19-7-11-26-12-8-19/h13-15,18-19,25-26H,5-12H2,1-4H3. The highest BCUT2D eigenvalue weighted by Crippen LogP contribution is 2.32. The number of nitro groups is 1. The molecule has 33 heavy (non-hydrogen) atoms. The van der Waals surface area contributed by atoms with Crippen molar-refractivity contribution in [3.8, 4) is 0 Å². The number of hydrogen-bond donors (Lipinski definition) is 2. The summed E-state index contributed by atoms with van der Waals surface area (Å²) in [5.74, 6) is -1.02. The molecule has 0 aliphatic carbocycles. The van der Waals surface area contributed by atoms with Crippen LogP contribution in [0.15, 0.2) is 18.2 Å². The molecule has 0 saturated carbocycles. The minimum Gasteiger partial charge on any atom is -0.456 e. The quantitative estimate of drug-likeness (QED) is 0.360. The Hall–Kier alpha value is -2.52. The van der Waals surface area contributed by atoms with Gasteiger partial charge in [0.15, 0.2) is 0 Å². The van der Waals surface area contributed by atoms with Crippen molar-refractivity contribution in [3.05, 3.63) is 39.4 Å². The third-order valence-electron chi connectivity index (χ3n) is 6.96. The van der Waals surface area contributed by atoms with E-state index in [1.165, 1.54) is 6.07 Å². The van der Waals surface area contributed by atoms with Gasteiger partial charge in [-0.2, -0.15) is 0 Å². The minimum absolute atomic E-state index is 0.0298. The third kappa shape index (κ3) is 6.29. The molecule has 0 atom stereocenters. The molecule has 1 aromatic carbocycles. The predicted octanol–water partition coefficient (Wildman–Crippen LogP) is 3.46. The minimum atomic E-state index is -0.735. The number of rotatable bonds is 7. The Morgan fingerprint density at radius 3 is 1.52 bits per heavy atom. The van der Waals surface area contributed by atoms with Crippen molar-refractivity contribution in [3.63, 3.8) is 0 Å². The summed E-state index contributed by atoms with van der Waals surface area (Å²) in [6.07, 6.45) is 3.49. The number of nitrogens with one attached hydrogen (secondary N) is 2. The van der Waals surface area contributed by atoms with Gasteiger partial charge in [0.25, 0.3) is 5.69 Å². The van der Waals surface area contributed by atoms with Gasteiger partial charge in [0.1, 0.15) is 11.2 Å². The Morgan fingerprint density at radius 2 is 1.18 bits per heavy atom. The first kappa shape index (κ1) is 25.1. The molecule has 3 rings (SSSR count). The number of benzene rings is 1. The lowest BCUT2D eigenvalue weighted by Gasteiger charge is -2.37. The van der Waals surface area contributed by atoms with Crippen LogP contribution in [0.1, 0.15) is 74.1 Å². The van der Waals surface area contributed by atoms with E-state index in [9.17, 15) is 19.7 Å². The molecule has 2 aliphatic rings. The fraction of sp³-hybridized carbons (Fsp3) is 0.667. The third-order valence-corrected chi connectivity index (χ3v) is 6.96. The molecule has 0 bridgehead atoms. The van der Waals surface area contributed by atoms with Crippen LogP contribution in [-0.4, -0.2) is 54.2 Å². The molecule has 2 saturated heterocycles. The molecule has 9 heteroatoms. The Morgan fingerprint density at radius 1 is 0.818 bits per heavy atom. The maximum atomic E-state index is 13.0. The van der Waals surface area contributed by atoms with Gasteiger partial charge < -0.3 is 20.1 Å². The van der Waals surface area contributed by atoms with E-state index in [0.717, 1.165) is 64.0 Å². The molecule has 0 aromatic heterocycles. The van der Waals surface area contributed by atoms with E-state index in [1.54, 1.807) is 0 Å². The topological polar surface area (TPSA) is 120 Å². The maximum Gasteiger partial charge on any atom is 0.338 e. The van der Waals surface area contributed by atoms with Crippen molar-refractivity contribution >= 4 is 17.6 Å². The van der Waals surface area contributed by atoms with E-state index in [0.29, 0.717) is 0 Å². The molecule has 0 radical (unpaired) electrons. The Bertz CT molecular complexity index is 824. The zero-order valence-corrected chi connectivity index (χ0v) is 19.9. The molecule has 9 nitrogen and oxygen atoms in total. The van der Waals surface area contributed by atoms with Crippen LogP contribution in [0.3, 0.4) is 0 Å². The number of esters is 2. The smallest absolute Gasteiger partial charge is 0.338 e. The van der Waals surface area contributed by atoms with E-state index in [-0.39, 0.29) is 28.7 Å². The lowest BCUT2D eigenvalue weighted by Crippen LogP contribution is -2.43.